The van der Waals surface area contributed by atoms with Gasteiger partial charge in [-0.3, -0.25) is 9.69 Å². The molecule has 166 valence electrons. The summed E-state index contributed by atoms with van der Waals surface area (Å²) in [7, 11) is -1.37. The number of likely N-dealkylation sites (N-methyl/N-ethyl adjacent to an activating group) is 1. The first-order chi connectivity index (χ1) is 14.1. The van der Waals surface area contributed by atoms with Gasteiger partial charge >= 0.3 is 11.9 Å². The molecular formula is C18H26N4O7S. The second kappa shape index (κ2) is 10.6. The molecule has 0 radical (unpaired) electrons. The number of rotatable bonds is 6. The number of nitrogens with one attached hydrogen (secondary N) is 2. The molecule has 1 saturated carbocycles. The number of carboxylic acids is 2. The number of sulfonamides is 1. The molecule has 0 spiro atoms. The summed E-state index contributed by atoms with van der Waals surface area (Å²) >= 11 is 0. The molecule has 3 rings (SSSR count). The molecule has 2 aliphatic rings. The maximum atomic E-state index is 12.1. The first kappa shape index (κ1) is 23.9. The van der Waals surface area contributed by atoms with E-state index in [-0.39, 0.29) is 16.8 Å². The van der Waals surface area contributed by atoms with Gasteiger partial charge in [0, 0.05) is 31.9 Å². The molecule has 2 fully saturated rings. The zero-order chi connectivity index (χ0) is 22.3. The van der Waals surface area contributed by atoms with Crippen LogP contribution in [0.2, 0.25) is 0 Å². The van der Waals surface area contributed by atoms with Crippen LogP contribution in [0, 0.1) is 0 Å². The lowest BCUT2D eigenvalue weighted by molar-refractivity contribution is -0.159. The summed E-state index contributed by atoms with van der Waals surface area (Å²) in [5.74, 6) is -3.73. The monoisotopic (exact) mass is 442 g/mol. The molecular weight excluding hydrogens is 416 g/mol. The molecule has 1 aliphatic heterocycles. The Labute approximate surface area is 175 Å². The summed E-state index contributed by atoms with van der Waals surface area (Å²) in [5, 5.41) is 17.6. The molecule has 1 aliphatic carbocycles. The topological polar surface area (TPSA) is 162 Å². The van der Waals surface area contributed by atoms with E-state index in [1.54, 1.807) is 12.1 Å². The lowest BCUT2D eigenvalue weighted by Crippen LogP contribution is -2.47. The standard InChI is InChI=1S/C16H24N4O3S.C2H2O4/c1-19-8-10-20(11-9-19)12-16(21)17-13-4-6-15(7-5-13)24(22,23)18-14-2-3-14;3-1(4)2(5)6/h4-7,14H,2-3,8-12H2,1H3,(H2-,17,18,21,22,23);(H,3,4)(H,5,6). The molecule has 30 heavy (non-hydrogen) atoms. The first-order valence-electron chi connectivity index (χ1n) is 9.36. The third-order valence-electron chi connectivity index (χ3n) is 4.49. The van der Waals surface area contributed by atoms with Gasteiger partial charge in [-0.25, -0.2) is 9.59 Å². The third-order valence-corrected chi connectivity index (χ3v) is 6.03. The Morgan fingerprint density at radius 3 is 2.07 bits per heavy atom. The van der Waals surface area contributed by atoms with Crippen LogP contribution >= 0.6 is 0 Å². The van der Waals surface area contributed by atoms with E-state index < -0.39 is 22.3 Å². The average molecular weight is 442 g/mol. The smallest absolute Gasteiger partial charge is 0.414 e. The molecule has 0 aromatic heterocycles. The predicted molar refractivity (Wildman–Crippen MR) is 108 cm³/mol. The maximum Gasteiger partial charge on any atom is 0.414 e. The lowest BCUT2D eigenvalue weighted by atomic mass is 10.3. The third kappa shape index (κ3) is 8.16. The Hall–Kier alpha value is -2.38. The van der Waals surface area contributed by atoms with Crippen LogP contribution in [-0.2, 0) is 29.0 Å². The molecule has 1 unspecified atom stereocenters. The van der Waals surface area contributed by atoms with Crippen LogP contribution in [0.5, 0.6) is 0 Å². The summed E-state index contributed by atoms with van der Waals surface area (Å²) in [6.45, 7) is 4.06. The van der Waals surface area contributed by atoms with E-state index in [0.29, 0.717) is 12.2 Å². The average Bonchev–Trinajstić information content (AvgIpc) is 3.48. The lowest BCUT2D eigenvalue weighted by Gasteiger charge is -2.31. The van der Waals surface area contributed by atoms with Crippen LogP contribution in [-0.4, -0.2) is 88.2 Å². The quantitative estimate of drug-likeness (QED) is 0.342. The van der Waals surface area contributed by atoms with Crippen molar-refractivity contribution in [3.05, 3.63) is 24.3 Å². The van der Waals surface area contributed by atoms with Crippen molar-refractivity contribution in [1.82, 2.24) is 14.5 Å². The second-order valence-corrected chi connectivity index (χ2v) is 8.87. The van der Waals surface area contributed by atoms with E-state index in [2.05, 4.69) is 26.9 Å². The molecule has 1 heterocycles. The Kier molecular flexibility index (Phi) is 8.43. The number of carbonyl (C=O) groups excluding carboxylic acids is 1. The summed E-state index contributed by atoms with van der Waals surface area (Å²) in [5.41, 5.74) is 0.611. The van der Waals surface area contributed by atoms with Gasteiger partial charge in [-0.2, -0.15) is 0 Å². The fourth-order valence-electron chi connectivity index (χ4n) is 2.62. The van der Waals surface area contributed by atoms with E-state index in [4.69, 9.17) is 19.8 Å². The number of amides is 1. The fourth-order valence-corrected chi connectivity index (χ4v) is 3.92. The van der Waals surface area contributed by atoms with Crippen LogP contribution in [0.15, 0.2) is 29.2 Å². The van der Waals surface area contributed by atoms with Gasteiger partial charge in [-0.05, 0) is 44.2 Å². The van der Waals surface area contributed by atoms with Crippen molar-refractivity contribution in [3.63, 3.8) is 0 Å². The molecule has 1 amide bonds. The summed E-state index contributed by atoms with van der Waals surface area (Å²) in [6.07, 6.45) is 1.80. The van der Waals surface area contributed by atoms with Gasteiger partial charge in [0.2, 0.25) is 5.91 Å². The molecule has 12 heteroatoms. The van der Waals surface area contributed by atoms with E-state index in [1.165, 1.54) is 12.1 Å². The number of hydrogen-bond donors (Lipinski definition) is 4. The van der Waals surface area contributed by atoms with Crippen LogP contribution in [0.1, 0.15) is 12.8 Å². The number of piperazine rings is 1. The fraction of sp³-hybridized carbons (Fsp3) is 0.500. The number of aliphatic carboxylic acids is 2. The molecule has 1 atom stereocenters. The van der Waals surface area contributed by atoms with Crippen LogP contribution in [0.25, 0.3) is 0 Å². The largest absolute Gasteiger partial charge is 0.593 e. The minimum absolute atomic E-state index is 0.0775. The van der Waals surface area contributed by atoms with Crippen LogP contribution in [0.4, 0.5) is 5.69 Å². The highest BCUT2D eigenvalue weighted by atomic mass is 32.3. The molecule has 11 nitrogen and oxygen atoms in total. The zero-order valence-electron chi connectivity index (χ0n) is 16.6. The SMILES string of the molecule is CN1CCN(CC(=O)Nc2ccc([S+](=O)([O-])NC3CC3)cc2)CC1.O=C(O)C(=O)O. The number of hydrogen-bond acceptors (Lipinski definition) is 7. The molecule has 4 N–H and O–H groups in total. The van der Waals surface area contributed by atoms with E-state index in [1.807, 2.05) is 0 Å². The zero-order valence-corrected chi connectivity index (χ0v) is 17.4. The molecule has 1 aromatic carbocycles. The van der Waals surface area contributed by atoms with Crippen molar-refractivity contribution in [2.75, 3.05) is 45.1 Å². The molecule has 1 saturated heterocycles. The number of benzene rings is 1. The highest BCUT2D eigenvalue weighted by Crippen LogP contribution is 2.25. The van der Waals surface area contributed by atoms with Gasteiger partial charge in [0.1, 0.15) is 0 Å². The highest BCUT2D eigenvalue weighted by molar-refractivity contribution is 7.95. The van der Waals surface area contributed by atoms with Crippen molar-refractivity contribution in [3.8, 4) is 0 Å². The first-order valence-corrected chi connectivity index (χ1v) is 10.8. The van der Waals surface area contributed by atoms with Crippen molar-refractivity contribution < 1.29 is 33.4 Å². The van der Waals surface area contributed by atoms with Gasteiger partial charge in [0.25, 0.3) is 0 Å². The minimum Gasteiger partial charge on any atom is -0.593 e. The van der Waals surface area contributed by atoms with Crippen LogP contribution in [0.3, 0.4) is 0 Å². The normalized spacial score (nSPS) is 19.1. The Morgan fingerprint density at radius 2 is 1.60 bits per heavy atom. The van der Waals surface area contributed by atoms with Crippen molar-refractivity contribution >= 4 is 33.9 Å². The number of anilines is 1. The molecule has 0 bridgehead atoms. The highest BCUT2D eigenvalue weighted by Gasteiger charge is 2.31. The Bertz CT molecular complexity index is 793. The van der Waals surface area contributed by atoms with E-state index in [9.17, 15) is 13.6 Å². The van der Waals surface area contributed by atoms with E-state index in [0.717, 1.165) is 39.0 Å². The number of carboxylic acid groups (broad SMARTS) is 2. The summed E-state index contributed by atoms with van der Waals surface area (Å²) in [6, 6.07) is 6.39. The maximum absolute atomic E-state index is 12.1. The Morgan fingerprint density at radius 1 is 1.07 bits per heavy atom. The summed E-state index contributed by atoms with van der Waals surface area (Å²) in [4.78, 5) is 34.9. The Balaban J connectivity index is 0.000000469. The summed E-state index contributed by atoms with van der Waals surface area (Å²) < 4.78 is 26.8. The van der Waals surface area contributed by atoms with Gasteiger partial charge < -0.3 is 25.0 Å². The van der Waals surface area contributed by atoms with Crippen molar-refractivity contribution in [2.45, 2.75) is 23.8 Å². The molecule has 1 aromatic rings. The second-order valence-electron chi connectivity index (χ2n) is 7.16. The van der Waals surface area contributed by atoms with Crippen molar-refractivity contribution in [1.29, 1.82) is 0 Å². The van der Waals surface area contributed by atoms with Gasteiger partial charge in [-0.15, -0.1) is 4.72 Å². The van der Waals surface area contributed by atoms with E-state index >= 15 is 0 Å². The number of nitrogens with zero attached hydrogens (tertiary/aromatic N) is 2. The number of carbonyl (C=O) groups is 3. The van der Waals surface area contributed by atoms with Gasteiger partial charge in [0.05, 0.1) is 12.6 Å². The van der Waals surface area contributed by atoms with Crippen molar-refractivity contribution in [2.24, 2.45) is 0 Å². The minimum atomic E-state index is -3.45. The van der Waals surface area contributed by atoms with Gasteiger partial charge in [0.15, 0.2) is 15.3 Å². The van der Waals surface area contributed by atoms with Crippen LogP contribution < -0.4 is 10.0 Å². The van der Waals surface area contributed by atoms with Gasteiger partial charge in [-0.1, -0.05) is 4.21 Å². The predicted octanol–water partition coefficient (Wildman–Crippen LogP) is -0.316.